The molecule has 0 saturated heterocycles. The molecule has 1 fully saturated rings. The second kappa shape index (κ2) is 5.26. The number of nitrogens with one attached hydrogen (secondary N) is 1. The van der Waals surface area contributed by atoms with Crippen LogP contribution in [0.4, 0.5) is 5.69 Å². The van der Waals surface area contributed by atoms with Crippen molar-refractivity contribution in [3.05, 3.63) is 64.7 Å². The Morgan fingerprint density at radius 2 is 1.79 bits per heavy atom. The maximum absolute atomic E-state index is 6.05. The van der Waals surface area contributed by atoms with Gasteiger partial charge in [-0.25, -0.2) is 0 Å². The first-order valence-electron chi connectivity index (χ1n) is 6.80. The molecule has 1 N–H and O–H groups in total. The maximum Gasteiger partial charge on any atom is 0.0426 e. The van der Waals surface area contributed by atoms with Crippen molar-refractivity contribution >= 4 is 17.3 Å². The van der Waals surface area contributed by atoms with Gasteiger partial charge in [0, 0.05) is 16.8 Å². The minimum absolute atomic E-state index is 0.572. The van der Waals surface area contributed by atoms with E-state index in [1.807, 2.05) is 12.1 Å². The summed E-state index contributed by atoms with van der Waals surface area (Å²) in [5.41, 5.74) is 3.89. The van der Waals surface area contributed by atoms with E-state index >= 15 is 0 Å². The summed E-state index contributed by atoms with van der Waals surface area (Å²) in [6, 6.07) is 17.4. The summed E-state index contributed by atoms with van der Waals surface area (Å²) in [4.78, 5) is 0. The number of halogens is 1. The summed E-state index contributed by atoms with van der Waals surface area (Å²) in [5, 5.41) is 4.40. The van der Waals surface area contributed by atoms with E-state index < -0.39 is 0 Å². The second-order valence-corrected chi connectivity index (χ2v) is 5.82. The monoisotopic (exact) mass is 271 g/mol. The highest BCUT2D eigenvalue weighted by Gasteiger charge is 2.30. The van der Waals surface area contributed by atoms with Gasteiger partial charge in [-0.3, -0.25) is 0 Å². The molecule has 0 spiro atoms. The lowest BCUT2D eigenvalue weighted by Crippen LogP contribution is -2.34. The molecule has 3 rings (SSSR count). The summed E-state index contributed by atoms with van der Waals surface area (Å²) in [5.74, 6) is 0.707. The van der Waals surface area contributed by atoms with Crippen LogP contribution in [0.1, 0.15) is 29.9 Å². The number of hydrogen-bond acceptors (Lipinski definition) is 1. The van der Waals surface area contributed by atoms with Gasteiger partial charge < -0.3 is 5.32 Å². The molecule has 2 aromatic carbocycles. The van der Waals surface area contributed by atoms with Crippen LogP contribution in [-0.2, 0) is 0 Å². The lowest BCUT2D eigenvalue weighted by Gasteiger charge is -2.37. The number of rotatable bonds is 3. The Hall–Kier alpha value is -1.47. The van der Waals surface area contributed by atoms with E-state index in [1.165, 1.54) is 29.7 Å². The summed E-state index contributed by atoms with van der Waals surface area (Å²) in [7, 11) is 0. The second-order valence-electron chi connectivity index (χ2n) is 5.38. The van der Waals surface area contributed by atoms with E-state index in [1.54, 1.807) is 0 Å². The summed E-state index contributed by atoms with van der Waals surface area (Å²) in [6.45, 7) is 2.12. The Kier molecular flexibility index (Phi) is 3.48. The molecule has 1 aliphatic rings. The predicted octanol–water partition coefficient (Wildman–Crippen LogP) is 5.01. The van der Waals surface area contributed by atoms with Crippen molar-refractivity contribution in [1.82, 2.24) is 0 Å². The molecular formula is C17H18ClN. The normalized spacial score (nSPS) is 21.8. The summed E-state index contributed by atoms with van der Waals surface area (Å²) < 4.78 is 0. The quantitative estimate of drug-likeness (QED) is 0.828. The van der Waals surface area contributed by atoms with E-state index in [0.29, 0.717) is 12.0 Å². The van der Waals surface area contributed by atoms with Crippen LogP contribution in [0.25, 0.3) is 0 Å². The Bertz CT molecular complexity index is 559. The molecule has 19 heavy (non-hydrogen) atoms. The molecule has 2 aromatic rings. The SMILES string of the molecule is Cc1ccc(Cl)cc1NC1CC(c2ccccc2)C1. The van der Waals surface area contributed by atoms with Crippen molar-refractivity contribution in [3.8, 4) is 0 Å². The average Bonchev–Trinajstić information content (AvgIpc) is 2.38. The van der Waals surface area contributed by atoms with Crippen molar-refractivity contribution in [2.75, 3.05) is 5.32 Å². The Labute approximate surface area is 119 Å². The molecule has 1 nitrogen and oxygen atoms in total. The van der Waals surface area contributed by atoms with Gasteiger partial charge in [-0.2, -0.15) is 0 Å². The van der Waals surface area contributed by atoms with E-state index in [9.17, 15) is 0 Å². The lowest BCUT2D eigenvalue weighted by atomic mass is 9.76. The van der Waals surface area contributed by atoms with Crippen LogP contribution in [0.5, 0.6) is 0 Å². The standard InChI is InChI=1S/C17H18ClN/c1-12-7-8-15(18)11-17(12)19-16-9-14(10-16)13-5-3-2-4-6-13/h2-8,11,14,16,19H,9-10H2,1H3. The molecule has 98 valence electrons. The minimum Gasteiger partial charge on any atom is -0.382 e. The number of hydrogen-bond donors (Lipinski definition) is 1. The molecule has 0 radical (unpaired) electrons. The van der Waals surface area contributed by atoms with Crippen molar-refractivity contribution in [3.63, 3.8) is 0 Å². The Morgan fingerprint density at radius 3 is 2.53 bits per heavy atom. The number of aryl methyl sites for hydroxylation is 1. The third kappa shape index (κ3) is 2.76. The molecule has 0 unspecified atom stereocenters. The van der Waals surface area contributed by atoms with Crippen LogP contribution in [0.2, 0.25) is 5.02 Å². The highest BCUT2D eigenvalue weighted by atomic mass is 35.5. The zero-order valence-corrected chi connectivity index (χ0v) is 11.8. The Morgan fingerprint density at radius 1 is 1.05 bits per heavy atom. The van der Waals surface area contributed by atoms with Gasteiger partial charge in [-0.05, 0) is 48.9 Å². The van der Waals surface area contributed by atoms with E-state index in [0.717, 1.165) is 5.02 Å². The molecule has 0 aromatic heterocycles. The fourth-order valence-electron chi connectivity index (χ4n) is 2.70. The fourth-order valence-corrected chi connectivity index (χ4v) is 2.87. The van der Waals surface area contributed by atoms with Crippen molar-refractivity contribution in [2.45, 2.75) is 31.7 Å². The van der Waals surface area contributed by atoms with E-state index in [-0.39, 0.29) is 0 Å². The third-order valence-corrected chi connectivity index (χ3v) is 4.20. The third-order valence-electron chi connectivity index (χ3n) is 3.97. The van der Waals surface area contributed by atoms with Crippen LogP contribution < -0.4 is 5.32 Å². The summed E-state index contributed by atoms with van der Waals surface area (Å²) >= 11 is 6.05. The number of benzene rings is 2. The van der Waals surface area contributed by atoms with Crippen LogP contribution in [-0.4, -0.2) is 6.04 Å². The largest absolute Gasteiger partial charge is 0.382 e. The maximum atomic E-state index is 6.05. The van der Waals surface area contributed by atoms with Crippen LogP contribution in [0.3, 0.4) is 0 Å². The van der Waals surface area contributed by atoms with Gasteiger partial charge in [0.15, 0.2) is 0 Å². The highest BCUT2D eigenvalue weighted by Crippen LogP contribution is 2.38. The van der Waals surface area contributed by atoms with E-state index in [4.69, 9.17) is 11.6 Å². The highest BCUT2D eigenvalue weighted by molar-refractivity contribution is 6.30. The average molecular weight is 272 g/mol. The zero-order chi connectivity index (χ0) is 13.2. The van der Waals surface area contributed by atoms with Gasteiger partial charge >= 0.3 is 0 Å². The first kappa shape index (κ1) is 12.6. The van der Waals surface area contributed by atoms with Crippen molar-refractivity contribution in [1.29, 1.82) is 0 Å². The first-order valence-corrected chi connectivity index (χ1v) is 7.18. The van der Waals surface area contributed by atoms with Gasteiger partial charge in [-0.1, -0.05) is 48.0 Å². The minimum atomic E-state index is 0.572. The van der Waals surface area contributed by atoms with Gasteiger partial charge in [-0.15, -0.1) is 0 Å². The molecule has 2 heteroatoms. The molecule has 0 aliphatic heterocycles. The number of anilines is 1. The molecule has 0 atom stereocenters. The Balaban J connectivity index is 1.61. The molecule has 0 bridgehead atoms. The van der Waals surface area contributed by atoms with Gasteiger partial charge in [0.05, 0.1) is 0 Å². The lowest BCUT2D eigenvalue weighted by molar-refractivity contribution is 0.374. The molecular weight excluding hydrogens is 254 g/mol. The van der Waals surface area contributed by atoms with Gasteiger partial charge in [0.1, 0.15) is 0 Å². The summed E-state index contributed by atoms with van der Waals surface area (Å²) in [6.07, 6.45) is 2.41. The van der Waals surface area contributed by atoms with Gasteiger partial charge in [0.2, 0.25) is 0 Å². The fraction of sp³-hybridized carbons (Fsp3) is 0.294. The van der Waals surface area contributed by atoms with E-state index in [2.05, 4.69) is 48.6 Å². The molecule has 0 heterocycles. The predicted molar refractivity (Wildman–Crippen MR) is 82.0 cm³/mol. The zero-order valence-electron chi connectivity index (χ0n) is 11.1. The molecule has 0 amide bonds. The van der Waals surface area contributed by atoms with Crippen LogP contribution >= 0.6 is 11.6 Å². The van der Waals surface area contributed by atoms with Gasteiger partial charge in [0.25, 0.3) is 0 Å². The molecule has 1 aliphatic carbocycles. The smallest absolute Gasteiger partial charge is 0.0426 e. The molecule has 1 saturated carbocycles. The topological polar surface area (TPSA) is 12.0 Å². The van der Waals surface area contributed by atoms with Crippen molar-refractivity contribution in [2.24, 2.45) is 0 Å². The van der Waals surface area contributed by atoms with Crippen LogP contribution in [0, 0.1) is 6.92 Å². The van der Waals surface area contributed by atoms with Crippen LogP contribution in [0.15, 0.2) is 48.5 Å². The first-order chi connectivity index (χ1) is 9.22. The van der Waals surface area contributed by atoms with Crippen molar-refractivity contribution < 1.29 is 0 Å².